The smallest absolute Gasteiger partial charge is 0.0642 e. The molecule has 2 nitrogen and oxygen atoms in total. The van der Waals surface area contributed by atoms with Crippen molar-refractivity contribution in [2.24, 2.45) is 0 Å². The van der Waals surface area contributed by atoms with Gasteiger partial charge in [-0.25, -0.2) is 0 Å². The third kappa shape index (κ3) is 3.26. The molecule has 0 amide bonds. The van der Waals surface area contributed by atoms with E-state index in [1.54, 1.807) is 0 Å². The summed E-state index contributed by atoms with van der Waals surface area (Å²) in [7, 11) is 0. The first-order valence-corrected chi connectivity index (χ1v) is 5.48. The van der Waals surface area contributed by atoms with Crippen LogP contribution in [0.5, 0.6) is 0 Å². The molecule has 1 fully saturated rings. The predicted octanol–water partition coefficient (Wildman–Crippen LogP) is 2.64. The van der Waals surface area contributed by atoms with Gasteiger partial charge >= 0.3 is 0 Å². The van der Waals surface area contributed by atoms with E-state index in [2.05, 4.69) is 17.2 Å². The van der Waals surface area contributed by atoms with Gasteiger partial charge in [-0.2, -0.15) is 0 Å². The molecule has 3 heteroatoms. The van der Waals surface area contributed by atoms with Gasteiger partial charge in [0, 0.05) is 18.1 Å². The van der Waals surface area contributed by atoms with Crippen LogP contribution < -0.4 is 0 Å². The van der Waals surface area contributed by atoms with Crippen molar-refractivity contribution >= 4 is 17.7 Å². The first-order chi connectivity index (χ1) is 7.34. The second-order valence-electron chi connectivity index (χ2n) is 3.52. The topological polar surface area (TPSA) is 12.5 Å². The van der Waals surface area contributed by atoms with Gasteiger partial charge in [0.25, 0.3) is 0 Å². The molecule has 15 heavy (non-hydrogen) atoms. The van der Waals surface area contributed by atoms with Crippen molar-refractivity contribution in [2.75, 3.05) is 26.3 Å². The van der Waals surface area contributed by atoms with Crippen LogP contribution in [0.15, 0.2) is 30.5 Å². The lowest BCUT2D eigenvalue weighted by Crippen LogP contribution is -2.31. The largest absolute Gasteiger partial charge is 0.378 e. The SMILES string of the molecule is Clc1ccc(/C=C/N2CCOCC2)cc1. The van der Waals surface area contributed by atoms with E-state index >= 15 is 0 Å². The van der Waals surface area contributed by atoms with Crippen molar-refractivity contribution in [2.45, 2.75) is 0 Å². The lowest BCUT2D eigenvalue weighted by molar-refractivity contribution is 0.0597. The molecular formula is C12H14ClNO. The van der Waals surface area contributed by atoms with Gasteiger partial charge in [0.1, 0.15) is 0 Å². The number of morpholine rings is 1. The Morgan fingerprint density at radius 2 is 1.80 bits per heavy atom. The van der Waals surface area contributed by atoms with Gasteiger partial charge in [-0.05, 0) is 30.0 Å². The molecule has 1 saturated heterocycles. The monoisotopic (exact) mass is 223 g/mol. The molecule has 80 valence electrons. The normalized spacial score (nSPS) is 17.3. The third-order valence-electron chi connectivity index (χ3n) is 2.39. The fourth-order valence-electron chi connectivity index (χ4n) is 1.49. The molecule has 0 unspecified atom stereocenters. The van der Waals surface area contributed by atoms with Crippen LogP contribution in [0, 0.1) is 0 Å². The minimum atomic E-state index is 0.776. The summed E-state index contributed by atoms with van der Waals surface area (Å²) in [5.41, 5.74) is 1.17. The highest BCUT2D eigenvalue weighted by Gasteiger charge is 2.04. The fourth-order valence-corrected chi connectivity index (χ4v) is 1.62. The van der Waals surface area contributed by atoms with Gasteiger partial charge in [-0.15, -0.1) is 0 Å². The molecule has 1 heterocycles. The standard InChI is InChI=1S/C12H14ClNO/c13-12-3-1-11(2-4-12)5-6-14-7-9-15-10-8-14/h1-6H,7-10H2/b6-5+. The molecule has 0 aliphatic carbocycles. The van der Waals surface area contributed by atoms with E-state index in [4.69, 9.17) is 16.3 Å². The quantitative estimate of drug-likeness (QED) is 0.765. The number of nitrogens with zero attached hydrogens (tertiary/aromatic N) is 1. The Kier molecular flexibility index (Phi) is 3.64. The first kappa shape index (κ1) is 10.5. The lowest BCUT2D eigenvalue weighted by Gasteiger charge is -2.24. The molecule has 0 spiro atoms. The zero-order valence-corrected chi connectivity index (χ0v) is 9.28. The molecule has 0 radical (unpaired) electrons. The van der Waals surface area contributed by atoms with Crippen LogP contribution in [0.25, 0.3) is 6.08 Å². The Morgan fingerprint density at radius 1 is 1.13 bits per heavy atom. The second kappa shape index (κ2) is 5.19. The molecular weight excluding hydrogens is 210 g/mol. The van der Waals surface area contributed by atoms with Gasteiger partial charge in [-0.1, -0.05) is 23.7 Å². The molecule has 0 bridgehead atoms. The van der Waals surface area contributed by atoms with E-state index in [1.807, 2.05) is 24.3 Å². The summed E-state index contributed by atoms with van der Waals surface area (Å²) in [6, 6.07) is 7.83. The predicted molar refractivity (Wildman–Crippen MR) is 62.9 cm³/mol. The Bertz CT molecular complexity index is 328. The van der Waals surface area contributed by atoms with Crippen LogP contribution in [0.4, 0.5) is 0 Å². The van der Waals surface area contributed by atoms with Crippen LogP contribution in [-0.4, -0.2) is 31.2 Å². The van der Waals surface area contributed by atoms with Crippen molar-refractivity contribution in [1.82, 2.24) is 4.90 Å². The van der Waals surface area contributed by atoms with Crippen molar-refractivity contribution in [3.63, 3.8) is 0 Å². The van der Waals surface area contributed by atoms with Crippen LogP contribution in [0.3, 0.4) is 0 Å². The molecule has 0 aromatic heterocycles. The van der Waals surface area contributed by atoms with E-state index < -0.39 is 0 Å². The van der Waals surface area contributed by atoms with Gasteiger partial charge in [0.15, 0.2) is 0 Å². The minimum Gasteiger partial charge on any atom is -0.378 e. The summed E-state index contributed by atoms with van der Waals surface area (Å²) in [6.45, 7) is 3.60. The van der Waals surface area contributed by atoms with E-state index in [0.29, 0.717) is 0 Å². The Balaban J connectivity index is 1.95. The van der Waals surface area contributed by atoms with Gasteiger partial charge in [0.2, 0.25) is 0 Å². The average Bonchev–Trinajstić information content (AvgIpc) is 2.30. The van der Waals surface area contributed by atoms with Crippen molar-refractivity contribution in [3.05, 3.63) is 41.1 Å². The number of hydrogen-bond acceptors (Lipinski definition) is 2. The minimum absolute atomic E-state index is 0.776. The zero-order chi connectivity index (χ0) is 10.5. The molecule has 1 aliphatic rings. The summed E-state index contributed by atoms with van der Waals surface area (Å²) in [5, 5.41) is 0.776. The highest BCUT2D eigenvalue weighted by Crippen LogP contribution is 2.11. The van der Waals surface area contributed by atoms with E-state index in [9.17, 15) is 0 Å². The Labute approximate surface area is 95.1 Å². The third-order valence-corrected chi connectivity index (χ3v) is 2.65. The van der Waals surface area contributed by atoms with Crippen LogP contribution in [0.1, 0.15) is 5.56 Å². The van der Waals surface area contributed by atoms with E-state index in [0.717, 1.165) is 31.3 Å². The molecule has 1 aliphatic heterocycles. The lowest BCUT2D eigenvalue weighted by atomic mass is 10.2. The fraction of sp³-hybridized carbons (Fsp3) is 0.333. The Hall–Kier alpha value is -0.990. The van der Waals surface area contributed by atoms with Crippen molar-refractivity contribution < 1.29 is 4.74 Å². The van der Waals surface area contributed by atoms with Crippen molar-refractivity contribution in [1.29, 1.82) is 0 Å². The van der Waals surface area contributed by atoms with Crippen molar-refractivity contribution in [3.8, 4) is 0 Å². The van der Waals surface area contributed by atoms with E-state index in [1.165, 1.54) is 5.56 Å². The number of benzene rings is 1. The molecule has 1 aromatic carbocycles. The number of hydrogen-bond donors (Lipinski definition) is 0. The van der Waals surface area contributed by atoms with Crippen LogP contribution in [0.2, 0.25) is 5.02 Å². The van der Waals surface area contributed by atoms with Gasteiger partial charge in [-0.3, -0.25) is 0 Å². The van der Waals surface area contributed by atoms with Gasteiger partial charge < -0.3 is 9.64 Å². The second-order valence-corrected chi connectivity index (χ2v) is 3.95. The number of halogens is 1. The highest BCUT2D eigenvalue weighted by molar-refractivity contribution is 6.30. The molecule has 2 rings (SSSR count). The Morgan fingerprint density at radius 3 is 2.47 bits per heavy atom. The van der Waals surface area contributed by atoms with Crippen LogP contribution >= 0.6 is 11.6 Å². The maximum absolute atomic E-state index is 5.81. The molecule has 0 saturated carbocycles. The maximum atomic E-state index is 5.81. The molecule has 0 atom stereocenters. The summed E-state index contributed by atoms with van der Waals surface area (Å²) in [5.74, 6) is 0. The van der Waals surface area contributed by atoms with Gasteiger partial charge in [0.05, 0.1) is 13.2 Å². The summed E-state index contributed by atoms with van der Waals surface area (Å²) in [6.07, 6.45) is 4.22. The van der Waals surface area contributed by atoms with Crippen LogP contribution in [-0.2, 0) is 4.74 Å². The zero-order valence-electron chi connectivity index (χ0n) is 8.53. The highest BCUT2D eigenvalue weighted by atomic mass is 35.5. The average molecular weight is 224 g/mol. The first-order valence-electron chi connectivity index (χ1n) is 5.10. The summed E-state index contributed by atoms with van der Waals surface area (Å²) < 4.78 is 5.27. The maximum Gasteiger partial charge on any atom is 0.0642 e. The van der Waals surface area contributed by atoms with E-state index in [-0.39, 0.29) is 0 Å². The number of rotatable bonds is 2. The summed E-state index contributed by atoms with van der Waals surface area (Å²) in [4.78, 5) is 2.26. The molecule has 0 N–H and O–H groups in total. The summed E-state index contributed by atoms with van der Waals surface area (Å²) >= 11 is 5.81. The molecule has 1 aromatic rings. The number of ether oxygens (including phenoxy) is 1.